The molecular weight excluding hydrogens is 340 g/mol. The van der Waals surface area contributed by atoms with E-state index in [1.165, 1.54) is 0 Å². The molecule has 0 aliphatic carbocycles. The number of hydrogen-bond acceptors (Lipinski definition) is 3. The SMILES string of the molecule is CCC(NC)c1ccc(Oc2ccc(Cl)cc2Br)cn1. The molecule has 0 aliphatic rings. The van der Waals surface area contributed by atoms with E-state index in [9.17, 15) is 0 Å². The Labute approximate surface area is 132 Å². The molecule has 1 aromatic carbocycles. The van der Waals surface area contributed by atoms with Gasteiger partial charge in [-0.25, -0.2) is 0 Å². The Morgan fingerprint density at radius 1 is 1.35 bits per heavy atom. The molecular formula is C15H16BrClN2O. The lowest BCUT2D eigenvalue weighted by atomic mass is 10.1. The maximum atomic E-state index is 5.90. The van der Waals surface area contributed by atoms with Gasteiger partial charge in [-0.05, 0) is 59.7 Å². The predicted molar refractivity (Wildman–Crippen MR) is 85.6 cm³/mol. The predicted octanol–water partition coefficient (Wildman–Crippen LogP) is 4.96. The molecule has 106 valence electrons. The normalized spacial score (nSPS) is 12.2. The van der Waals surface area contributed by atoms with Crippen LogP contribution in [0, 0.1) is 0 Å². The van der Waals surface area contributed by atoms with E-state index in [0.717, 1.165) is 16.6 Å². The van der Waals surface area contributed by atoms with Gasteiger partial charge in [-0.3, -0.25) is 4.98 Å². The van der Waals surface area contributed by atoms with Gasteiger partial charge < -0.3 is 10.1 Å². The fourth-order valence-corrected chi connectivity index (χ4v) is 2.67. The van der Waals surface area contributed by atoms with Gasteiger partial charge in [-0.2, -0.15) is 0 Å². The molecule has 0 radical (unpaired) electrons. The van der Waals surface area contributed by atoms with Crippen LogP contribution in [0.2, 0.25) is 5.02 Å². The topological polar surface area (TPSA) is 34.1 Å². The summed E-state index contributed by atoms with van der Waals surface area (Å²) in [4.78, 5) is 4.44. The van der Waals surface area contributed by atoms with E-state index in [1.807, 2.05) is 25.2 Å². The Hall–Kier alpha value is -1.10. The monoisotopic (exact) mass is 354 g/mol. The number of halogens is 2. The molecule has 1 N–H and O–H groups in total. The van der Waals surface area contributed by atoms with Crippen LogP contribution in [0.1, 0.15) is 25.1 Å². The maximum absolute atomic E-state index is 5.90. The molecule has 5 heteroatoms. The third-order valence-electron chi connectivity index (χ3n) is 2.99. The summed E-state index contributed by atoms with van der Waals surface area (Å²) < 4.78 is 6.59. The van der Waals surface area contributed by atoms with E-state index in [2.05, 4.69) is 33.2 Å². The third kappa shape index (κ3) is 3.72. The summed E-state index contributed by atoms with van der Waals surface area (Å²) in [5.41, 5.74) is 1.01. The molecule has 0 bridgehead atoms. The number of benzene rings is 1. The summed E-state index contributed by atoms with van der Waals surface area (Å²) in [7, 11) is 1.94. The van der Waals surface area contributed by atoms with Crippen molar-refractivity contribution < 1.29 is 4.74 Å². The molecule has 3 nitrogen and oxygen atoms in total. The van der Waals surface area contributed by atoms with Crippen molar-refractivity contribution in [2.75, 3.05) is 7.05 Å². The minimum absolute atomic E-state index is 0.270. The second-order valence-electron chi connectivity index (χ2n) is 4.35. The molecule has 0 aliphatic heterocycles. The van der Waals surface area contributed by atoms with Gasteiger partial charge in [0, 0.05) is 11.1 Å². The Bertz CT molecular complexity index is 571. The van der Waals surface area contributed by atoms with E-state index in [4.69, 9.17) is 16.3 Å². The van der Waals surface area contributed by atoms with Gasteiger partial charge in [-0.1, -0.05) is 18.5 Å². The summed E-state index contributed by atoms with van der Waals surface area (Å²) in [6.07, 6.45) is 2.73. The standard InChI is InChI=1S/C15H16BrClN2O/c1-3-13(18-2)14-6-5-11(9-19-14)20-15-7-4-10(17)8-12(15)16/h4-9,13,18H,3H2,1-2H3. The zero-order chi connectivity index (χ0) is 14.5. The number of hydrogen-bond donors (Lipinski definition) is 1. The molecule has 0 saturated carbocycles. The zero-order valence-electron chi connectivity index (χ0n) is 11.4. The number of ether oxygens (including phenoxy) is 1. The molecule has 20 heavy (non-hydrogen) atoms. The number of nitrogens with one attached hydrogen (secondary N) is 1. The lowest BCUT2D eigenvalue weighted by Gasteiger charge is -2.14. The van der Waals surface area contributed by atoms with Gasteiger partial charge in [-0.15, -0.1) is 0 Å². The van der Waals surface area contributed by atoms with Gasteiger partial charge in [0.15, 0.2) is 0 Å². The van der Waals surface area contributed by atoms with Crippen LogP contribution in [0.15, 0.2) is 41.0 Å². The summed E-state index contributed by atoms with van der Waals surface area (Å²) in [5, 5.41) is 3.89. The zero-order valence-corrected chi connectivity index (χ0v) is 13.7. The molecule has 0 spiro atoms. The van der Waals surface area contributed by atoms with Crippen LogP contribution < -0.4 is 10.1 Å². The fraction of sp³-hybridized carbons (Fsp3) is 0.267. The summed E-state index contributed by atoms with van der Waals surface area (Å²) in [5.74, 6) is 1.41. The van der Waals surface area contributed by atoms with Gasteiger partial charge in [0.05, 0.1) is 16.4 Å². The van der Waals surface area contributed by atoms with Crippen LogP contribution in [-0.4, -0.2) is 12.0 Å². The Morgan fingerprint density at radius 2 is 2.15 bits per heavy atom. The first-order valence-corrected chi connectivity index (χ1v) is 7.57. The first-order valence-electron chi connectivity index (χ1n) is 6.40. The second-order valence-corrected chi connectivity index (χ2v) is 5.64. The maximum Gasteiger partial charge on any atom is 0.145 e. The van der Waals surface area contributed by atoms with Crippen LogP contribution >= 0.6 is 27.5 Å². The van der Waals surface area contributed by atoms with Crippen molar-refractivity contribution in [3.8, 4) is 11.5 Å². The number of aromatic nitrogens is 1. The lowest BCUT2D eigenvalue weighted by molar-refractivity contribution is 0.474. The molecule has 1 heterocycles. The van der Waals surface area contributed by atoms with Crippen LogP contribution in [0.3, 0.4) is 0 Å². The molecule has 0 fully saturated rings. The van der Waals surface area contributed by atoms with Gasteiger partial charge in [0.25, 0.3) is 0 Å². The Kier molecular flexibility index (Phi) is 5.40. The average molecular weight is 356 g/mol. The average Bonchev–Trinajstić information content (AvgIpc) is 2.45. The van der Waals surface area contributed by atoms with Crippen LogP contribution in [0.5, 0.6) is 11.5 Å². The highest BCUT2D eigenvalue weighted by atomic mass is 79.9. The molecule has 2 aromatic rings. The van der Waals surface area contributed by atoms with Crippen molar-refractivity contribution in [1.29, 1.82) is 0 Å². The second kappa shape index (κ2) is 7.07. The van der Waals surface area contributed by atoms with Gasteiger partial charge >= 0.3 is 0 Å². The van der Waals surface area contributed by atoms with E-state index >= 15 is 0 Å². The highest BCUT2D eigenvalue weighted by Gasteiger charge is 2.09. The summed E-state index contributed by atoms with van der Waals surface area (Å²) >= 11 is 9.33. The first kappa shape index (κ1) is 15.3. The summed E-state index contributed by atoms with van der Waals surface area (Å²) in [6, 6.07) is 9.58. The molecule has 2 rings (SSSR count). The molecule has 0 amide bonds. The van der Waals surface area contributed by atoms with Crippen molar-refractivity contribution in [1.82, 2.24) is 10.3 Å². The van der Waals surface area contributed by atoms with Crippen LogP contribution in [0.4, 0.5) is 0 Å². The lowest BCUT2D eigenvalue weighted by Crippen LogP contribution is -2.16. The Balaban J connectivity index is 2.14. The van der Waals surface area contributed by atoms with Crippen molar-refractivity contribution in [3.63, 3.8) is 0 Å². The largest absolute Gasteiger partial charge is 0.455 e. The highest BCUT2D eigenvalue weighted by molar-refractivity contribution is 9.10. The number of rotatable bonds is 5. The van der Waals surface area contributed by atoms with Crippen molar-refractivity contribution in [3.05, 3.63) is 51.7 Å². The molecule has 1 aromatic heterocycles. The fourth-order valence-electron chi connectivity index (χ4n) is 1.90. The van der Waals surface area contributed by atoms with Crippen molar-refractivity contribution in [2.24, 2.45) is 0 Å². The van der Waals surface area contributed by atoms with E-state index < -0.39 is 0 Å². The summed E-state index contributed by atoms with van der Waals surface area (Å²) in [6.45, 7) is 2.12. The Morgan fingerprint density at radius 3 is 2.70 bits per heavy atom. The van der Waals surface area contributed by atoms with E-state index in [-0.39, 0.29) is 6.04 Å². The quantitative estimate of drug-likeness (QED) is 0.823. The molecule has 0 saturated heterocycles. The van der Waals surface area contributed by atoms with E-state index in [0.29, 0.717) is 16.5 Å². The minimum Gasteiger partial charge on any atom is -0.455 e. The number of nitrogens with zero attached hydrogens (tertiary/aromatic N) is 1. The minimum atomic E-state index is 0.270. The first-order chi connectivity index (χ1) is 9.63. The van der Waals surface area contributed by atoms with Crippen molar-refractivity contribution in [2.45, 2.75) is 19.4 Å². The third-order valence-corrected chi connectivity index (χ3v) is 3.85. The van der Waals surface area contributed by atoms with Crippen molar-refractivity contribution >= 4 is 27.5 Å². The van der Waals surface area contributed by atoms with Crippen LogP contribution in [-0.2, 0) is 0 Å². The molecule has 1 atom stereocenters. The van der Waals surface area contributed by atoms with E-state index in [1.54, 1.807) is 18.3 Å². The number of pyridine rings is 1. The van der Waals surface area contributed by atoms with Gasteiger partial charge in [0.1, 0.15) is 11.5 Å². The molecule has 1 unspecified atom stereocenters. The highest BCUT2D eigenvalue weighted by Crippen LogP contribution is 2.31. The van der Waals surface area contributed by atoms with Crippen LogP contribution in [0.25, 0.3) is 0 Å². The smallest absolute Gasteiger partial charge is 0.145 e. The van der Waals surface area contributed by atoms with Gasteiger partial charge in [0.2, 0.25) is 0 Å².